The van der Waals surface area contributed by atoms with Gasteiger partial charge >= 0.3 is 5.69 Å². The van der Waals surface area contributed by atoms with Crippen LogP contribution in [0.15, 0.2) is 35.5 Å². The Kier molecular flexibility index (Phi) is 5.91. The first-order chi connectivity index (χ1) is 12.4. The molecule has 0 unspecified atom stereocenters. The normalized spacial score (nSPS) is 10.7. The van der Waals surface area contributed by atoms with E-state index in [1.165, 1.54) is 12.1 Å². The van der Waals surface area contributed by atoms with Crippen LogP contribution in [0.1, 0.15) is 12.5 Å². The van der Waals surface area contributed by atoms with E-state index in [0.29, 0.717) is 5.56 Å². The quantitative estimate of drug-likeness (QED) is 0.329. The smallest absolute Gasteiger partial charge is 0.318 e. The van der Waals surface area contributed by atoms with Crippen molar-refractivity contribution in [1.29, 1.82) is 0 Å². The summed E-state index contributed by atoms with van der Waals surface area (Å²) in [6.07, 6.45) is 1.12. The molecule has 2 aromatic carbocycles. The maximum absolute atomic E-state index is 11.2. The second-order valence-corrected chi connectivity index (χ2v) is 5.18. The second kappa shape index (κ2) is 8.12. The van der Waals surface area contributed by atoms with Crippen molar-refractivity contribution in [3.8, 4) is 17.2 Å². The van der Waals surface area contributed by atoms with Crippen LogP contribution < -0.4 is 9.47 Å². The van der Waals surface area contributed by atoms with Crippen LogP contribution in [0.3, 0.4) is 0 Å². The fourth-order valence-electron chi connectivity index (χ4n) is 2.05. The Morgan fingerprint density at radius 3 is 2.50 bits per heavy atom. The monoisotopic (exact) mass is 381 g/mol. The molecule has 11 heteroatoms. The molecule has 0 heterocycles. The van der Waals surface area contributed by atoms with Crippen molar-refractivity contribution in [2.75, 3.05) is 6.61 Å². The van der Waals surface area contributed by atoms with Crippen molar-refractivity contribution < 1.29 is 24.5 Å². The summed E-state index contributed by atoms with van der Waals surface area (Å²) in [7, 11) is 0. The van der Waals surface area contributed by atoms with Crippen molar-refractivity contribution >= 4 is 29.2 Å². The van der Waals surface area contributed by atoms with Gasteiger partial charge in [0.2, 0.25) is 5.75 Å². The number of halogens is 1. The molecule has 0 atom stereocenters. The van der Waals surface area contributed by atoms with Gasteiger partial charge in [0.05, 0.1) is 33.8 Å². The fraction of sp³-hybridized carbons (Fsp3) is 0.133. The van der Waals surface area contributed by atoms with Gasteiger partial charge in [0.1, 0.15) is 0 Å². The molecular formula is C15H12ClN3O7. The molecule has 0 amide bonds. The van der Waals surface area contributed by atoms with Crippen molar-refractivity contribution in [2.45, 2.75) is 6.92 Å². The zero-order chi connectivity index (χ0) is 19.3. The Balaban J connectivity index is 2.53. The first kappa shape index (κ1) is 18.9. The number of oxime groups is 1. The van der Waals surface area contributed by atoms with E-state index in [4.69, 9.17) is 26.3 Å². The van der Waals surface area contributed by atoms with Crippen molar-refractivity contribution in [1.82, 2.24) is 0 Å². The highest BCUT2D eigenvalue weighted by atomic mass is 35.5. The van der Waals surface area contributed by atoms with Crippen molar-refractivity contribution in [3.63, 3.8) is 0 Å². The summed E-state index contributed by atoms with van der Waals surface area (Å²) in [4.78, 5) is 20.5. The van der Waals surface area contributed by atoms with Crippen LogP contribution in [0, 0.1) is 20.2 Å². The first-order valence-corrected chi connectivity index (χ1v) is 7.49. The number of nitro groups is 2. The molecule has 10 nitrogen and oxygen atoms in total. The van der Waals surface area contributed by atoms with Crippen LogP contribution in [0.2, 0.25) is 5.02 Å². The minimum atomic E-state index is -0.802. The molecule has 0 aliphatic carbocycles. The molecule has 0 saturated carbocycles. The third kappa shape index (κ3) is 4.16. The molecule has 0 saturated heterocycles. The lowest BCUT2D eigenvalue weighted by atomic mass is 10.2. The van der Waals surface area contributed by atoms with Crippen LogP contribution in [0.25, 0.3) is 0 Å². The SMILES string of the molecule is CCOc1cc(C=NO)cc(Cl)c1Oc1ccc([N+](=O)[O-])cc1[N+](=O)[O-]. The highest BCUT2D eigenvalue weighted by Crippen LogP contribution is 2.42. The Bertz CT molecular complexity index is 886. The third-order valence-electron chi connectivity index (χ3n) is 3.10. The van der Waals surface area contributed by atoms with Gasteiger partial charge in [-0.2, -0.15) is 0 Å². The summed E-state index contributed by atoms with van der Waals surface area (Å²) in [5.74, 6) is -0.102. The largest absolute Gasteiger partial charge is 0.490 e. The van der Waals surface area contributed by atoms with E-state index in [1.54, 1.807) is 6.92 Å². The van der Waals surface area contributed by atoms with E-state index in [0.717, 1.165) is 24.4 Å². The number of hydrogen-bond donors (Lipinski definition) is 1. The predicted octanol–water partition coefficient (Wildman–Crippen LogP) is 4.16. The van der Waals surface area contributed by atoms with Crippen molar-refractivity contribution in [2.24, 2.45) is 5.16 Å². The topological polar surface area (TPSA) is 137 Å². The summed E-state index contributed by atoms with van der Waals surface area (Å²) in [6.45, 7) is 1.95. The van der Waals surface area contributed by atoms with Gasteiger partial charge in [-0.15, -0.1) is 0 Å². The lowest BCUT2D eigenvalue weighted by molar-refractivity contribution is -0.394. The molecule has 0 spiro atoms. The maximum Gasteiger partial charge on any atom is 0.318 e. The maximum atomic E-state index is 11.2. The highest BCUT2D eigenvalue weighted by molar-refractivity contribution is 6.32. The van der Waals surface area contributed by atoms with Gasteiger partial charge in [0.15, 0.2) is 11.5 Å². The number of benzene rings is 2. The van der Waals surface area contributed by atoms with Gasteiger partial charge < -0.3 is 14.7 Å². The summed E-state index contributed by atoms with van der Waals surface area (Å²) in [6, 6.07) is 5.82. The molecule has 0 fully saturated rings. The van der Waals surface area contributed by atoms with Crippen LogP contribution in [-0.4, -0.2) is 27.9 Å². The van der Waals surface area contributed by atoms with E-state index < -0.39 is 21.2 Å². The molecular weight excluding hydrogens is 370 g/mol. The van der Waals surface area contributed by atoms with Crippen LogP contribution in [0.4, 0.5) is 11.4 Å². The third-order valence-corrected chi connectivity index (χ3v) is 3.38. The number of ether oxygens (including phenoxy) is 2. The molecule has 0 bridgehead atoms. The van der Waals surface area contributed by atoms with Crippen LogP contribution in [0.5, 0.6) is 17.2 Å². The van der Waals surface area contributed by atoms with Gasteiger partial charge in [-0.05, 0) is 25.1 Å². The molecule has 26 heavy (non-hydrogen) atoms. The second-order valence-electron chi connectivity index (χ2n) is 4.78. The van der Waals surface area contributed by atoms with E-state index in [-0.39, 0.29) is 28.9 Å². The van der Waals surface area contributed by atoms with Crippen molar-refractivity contribution in [3.05, 3.63) is 61.1 Å². The van der Waals surface area contributed by atoms with Crippen LogP contribution >= 0.6 is 11.6 Å². The van der Waals surface area contributed by atoms with Gasteiger partial charge in [0.25, 0.3) is 5.69 Å². The van der Waals surface area contributed by atoms with Gasteiger partial charge in [0, 0.05) is 11.6 Å². The molecule has 136 valence electrons. The number of non-ortho nitro benzene ring substituents is 1. The Labute approximate surface area is 151 Å². The average Bonchev–Trinajstić information content (AvgIpc) is 2.58. The lowest BCUT2D eigenvalue weighted by Gasteiger charge is -2.14. The summed E-state index contributed by atoms with van der Waals surface area (Å²) < 4.78 is 10.9. The zero-order valence-corrected chi connectivity index (χ0v) is 14.0. The fourth-order valence-corrected chi connectivity index (χ4v) is 2.31. The standard InChI is InChI=1S/C15H12ClN3O7/c1-2-25-14-6-9(8-17-20)5-11(16)15(14)26-13-4-3-10(18(21)22)7-12(13)19(23)24/h3-8,20H,2H2,1H3. The van der Waals surface area contributed by atoms with E-state index in [2.05, 4.69) is 5.16 Å². The number of nitrogens with zero attached hydrogens (tertiary/aromatic N) is 3. The summed E-state index contributed by atoms with van der Waals surface area (Å²) in [5.41, 5.74) is -0.639. The number of rotatable bonds is 7. The Morgan fingerprint density at radius 1 is 1.19 bits per heavy atom. The van der Waals surface area contributed by atoms with Gasteiger partial charge in [-0.3, -0.25) is 20.2 Å². The molecule has 1 N–H and O–H groups in total. The van der Waals surface area contributed by atoms with Crippen LogP contribution in [-0.2, 0) is 0 Å². The molecule has 0 radical (unpaired) electrons. The molecule has 2 rings (SSSR count). The lowest BCUT2D eigenvalue weighted by Crippen LogP contribution is -2.00. The Hall–Kier alpha value is -3.40. The number of nitro benzene ring substituents is 2. The summed E-state index contributed by atoms with van der Waals surface area (Å²) in [5, 5.41) is 33.6. The molecule has 2 aromatic rings. The molecule has 0 aromatic heterocycles. The predicted molar refractivity (Wildman–Crippen MR) is 91.8 cm³/mol. The summed E-state index contributed by atoms with van der Waals surface area (Å²) >= 11 is 6.14. The number of hydrogen-bond acceptors (Lipinski definition) is 8. The molecule has 0 aliphatic rings. The van der Waals surface area contributed by atoms with Gasteiger partial charge in [-0.1, -0.05) is 16.8 Å². The van der Waals surface area contributed by atoms with E-state index >= 15 is 0 Å². The average molecular weight is 382 g/mol. The Morgan fingerprint density at radius 2 is 1.92 bits per heavy atom. The highest BCUT2D eigenvalue weighted by Gasteiger charge is 2.23. The zero-order valence-electron chi connectivity index (χ0n) is 13.3. The van der Waals surface area contributed by atoms with Gasteiger partial charge in [-0.25, -0.2) is 0 Å². The van der Waals surface area contributed by atoms with E-state index in [1.807, 2.05) is 0 Å². The molecule has 0 aliphatic heterocycles. The first-order valence-electron chi connectivity index (χ1n) is 7.11. The minimum absolute atomic E-state index is 0.0134. The van der Waals surface area contributed by atoms with E-state index in [9.17, 15) is 20.2 Å². The minimum Gasteiger partial charge on any atom is -0.490 e.